The molecular formula is C15H21BrN2OS. The Hall–Kier alpha value is -0.650. The monoisotopic (exact) mass is 356 g/mol. The van der Waals surface area contributed by atoms with Crippen molar-refractivity contribution in [2.45, 2.75) is 45.7 Å². The first-order chi connectivity index (χ1) is 9.27. The van der Waals surface area contributed by atoms with Gasteiger partial charge in [-0.1, -0.05) is 20.8 Å². The normalized spacial score (nSPS) is 13.9. The lowest BCUT2D eigenvalue weighted by molar-refractivity contribution is 0.211. The third kappa shape index (κ3) is 3.71. The van der Waals surface area contributed by atoms with Crippen LogP contribution in [0.2, 0.25) is 0 Å². The summed E-state index contributed by atoms with van der Waals surface area (Å²) in [5.74, 6) is 1.72. The van der Waals surface area contributed by atoms with Crippen LogP contribution < -0.4 is 0 Å². The van der Waals surface area contributed by atoms with Crippen LogP contribution in [0.25, 0.3) is 0 Å². The molecule has 20 heavy (non-hydrogen) atoms. The van der Waals surface area contributed by atoms with Crippen LogP contribution in [-0.2, 0) is 12.0 Å². The van der Waals surface area contributed by atoms with E-state index >= 15 is 0 Å². The Balaban J connectivity index is 2.06. The summed E-state index contributed by atoms with van der Waals surface area (Å²) in [6.45, 7) is 9.42. The number of aromatic nitrogens is 1. The first kappa shape index (κ1) is 15.7. The molecule has 0 aliphatic rings. The van der Waals surface area contributed by atoms with Gasteiger partial charge >= 0.3 is 0 Å². The lowest BCUT2D eigenvalue weighted by Gasteiger charge is -2.21. The molecule has 0 spiro atoms. The summed E-state index contributed by atoms with van der Waals surface area (Å²) in [5, 5.41) is 2.11. The van der Waals surface area contributed by atoms with Gasteiger partial charge in [0, 0.05) is 26.7 Å². The highest BCUT2D eigenvalue weighted by Crippen LogP contribution is 2.28. The molecule has 0 aliphatic heterocycles. The lowest BCUT2D eigenvalue weighted by Crippen LogP contribution is -2.21. The van der Waals surface area contributed by atoms with Crippen molar-refractivity contribution in [1.29, 1.82) is 0 Å². The van der Waals surface area contributed by atoms with Crippen molar-refractivity contribution in [3.63, 3.8) is 0 Å². The first-order valence-electron chi connectivity index (χ1n) is 6.66. The van der Waals surface area contributed by atoms with Gasteiger partial charge in [-0.05, 0) is 36.0 Å². The van der Waals surface area contributed by atoms with Crippen molar-refractivity contribution in [2.75, 3.05) is 7.05 Å². The molecule has 0 aromatic carbocycles. The third-order valence-corrected chi connectivity index (χ3v) is 4.99. The van der Waals surface area contributed by atoms with Crippen LogP contribution in [-0.4, -0.2) is 16.9 Å². The van der Waals surface area contributed by atoms with Gasteiger partial charge in [0.2, 0.25) is 5.89 Å². The zero-order chi connectivity index (χ0) is 14.9. The zero-order valence-electron chi connectivity index (χ0n) is 12.6. The Bertz CT molecular complexity index is 570. The fraction of sp³-hybridized carbons (Fsp3) is 0.533. The molecule has 0 bridgehead atoms. The molecule has 5 heteroatoms. The standard InChI is InChI=1S/C15H21BrN2OS/c1-10(14-17-7-13(19-14)15(2,3)4)18(5)8-12-6-11(16)9-20-12/h6-7,9-10H,8H2,1-5H3. The summed E-state index contributed by atoms with van der Waals surface area (Å²) >= 11 is 5.25. The van der Waals surface area contributed by atoms with E-state index in [-0.39, 0.29) is 11.5 Å². The summed E-state index contributed by atoms with van der Waals surface area (Å²) in [5.41, 5.74) is 0.00214. The van der Waals surface area contributed by atoms with Crippen molar-refractivity contribution in [3.8, 4) is 0 Å². The fourth-order valence-electron chi connectivity index (χ4n) is 1.84. The third-order valence-electron chi connectivity index (χ3n) is 3.31. The summed E-state index contributed by atoms with van der Waals surface area (Å²) < 4.78 is 7.06. The Morgan fingerprint density at radius 3 is 2.65 bits per heavy atom. The molecule has 0 radical (unpaired) electrons. The molecule has 1 atom stereocenters. The van der Waals surface area contributed by atoms with E-state index in [2.05, 4.69) is 72.0 Å². The van der Waals surface area contributed by atoms with E-state index in [0.29, 0.717) is 0 Å². The highest BCUT2D eigenvalue weighted by atomic mass is 79.9. The maximum atomic E-state index is 5.92. The number of hydrogen-bond acceptors (Lipinski definition) is 4. The van der Waals surface area contributed by atoms with Crippen LogP contribution in [0.15, 0.2) is 26.5 Å². The summed E-state index contributed by atoms with van der Waals surface area (Å²) in [6, 6.07) is 2.32. The van der Waals surface area contributed by atoms with Gasteiger partial charge in [-0.2, -0.15) is 0 Å². The second-order valence-electron chi connectivity index (χ2n) is 6.14. The van der Waals surface area contributed by atoms with Crippen molar-refractivity contribution >= 4 is 27.3 Å². The molecule has 2 heterocycles. The lowest BCUT2D eigenvalue weighted by atomic mass is 9.94. The number of nitrogens with zero attached hydrogens (tertiary/aromatic N) is 2. The molecule has 2 aromatic heterocycles. The van der Waals surface area contributed by atoms with Crippen LogP contribution in [0.1, 0.15) is 50.3 Å². The molecule has 0 N–H and O–H groups in total. The van der Waals surface area contributed by atoms with E-state index in [0.717, 1.165) is 22.7 Å². The van der Waals surface area contributed by atoms with E-state index in [9.17, 15) is 0 Å². The fourth-order valence-corrected chi connectivity index (χ4v) is 3.35. The van der Waals surface area contributed by atoms with Crippen LogP contribution in [0.4, 0.5) is 0 Å². The van der Waals surface area contributed by atoms with Gasteiger partial charge in [-0.3, -0.25) is 4.90 Å². The Kier molecular flexibility index (Phi) is 4.72. The van der Waals surface area contributed by atoms with Gasteiger partial charge in [0.15, 0.2) is 0 Å². The molecule has 1 unspecified atom stereocenters. The van der Waals surface area contributed by atoms with Gasteiger partial charge in [-0.25, -0.2) is 4.98 Å². The number of thiophene rings is 1. The maximum Gasteiger partial charge on any atom is 0.211 e. The van der Waals surface area contributed by atoms with E-state index in [1.54, 1.807) is 11.3 Å². The van der Waals surface area contributed by atoms with Gasteiger partial charge in [0.05, 0.1) is 12.2 Å². The van der Waals surface area contributed by atoms with Crippen LogP contribution in [0.3, 0.4) is 0 Å². The maximum absolute atomic E-state index is 5.92. The summed E-state index contributed by atoms with van der Waals surface area (Å²) in [4.78, 5) is 8.01. The predicted octanol–water partition coefficient (Wildman–Crippen LogP) is 4.99. The zero-order valence-corrected chi connectivity index (χ0v) is 15.0. The number of oxazole rings is 1. The number of hydrogen-bond donors (Lipinski definition) is 0. The SMILES string of the molecule is CC(c1ncc(C(C)(C)C)o1)N(C)Cc1cc(Br)cs1. The van der Waals surface area contributed by atoms with Crippen LogP contribution in [0.5, 0.6) is 0 Å². The topological polar surface area (TPSA) is 29.3 Å². The van der Waals surface area contributed by atoms with Gasteiger partial charge in [0.1, 0.15) is 5.76 Å². The largest absolute Gasteiger partial charge is 0.443 e. The summed E-state index contributed by atoms with van der Waals surface area (Å²) in [6.07, 6.45) is 1.85. The summed E-state index contributed by atoms with van der Waals surface area (Å²) in [7, 11) is 2.10. The highest BCUT2D eigenvalue weighted by Gasteiger charge is 2.23. The minimum absolute atomic E-state index is 0.00214. The quantitative estimate of drug-likeness (QED) is 0.772. The second kappa shape index (κ2) is 6.00. The molecule has 110 valence electrons. The molecule has 0 amide bonds. The second-order valence-corrected chi connectivity index (χ2v) is 8.05. The molecule has 2 rings (SSSR count). The minimum Gasteiger partial charge on any atom is -0.443 e. The highest BCUT2D eigenvalue weighted by molar-refractivity contribution is 9.10. The van der Waals surface area contributed by atoms with E-state index in [1.165, 1.54) is 4.88 Å². The minimum atomic E-state index is 0.00214. The molecule has 2 aromatic rings. The Morgan fingerprint density at radius 2 is 2.15 bits per heavy atom. The van der Waals surface area contributed by atoms with Gasteiger partial charge in [-0.15, -0.1) is 11.3 Å². The molecular weight excluding hydrogens is 336 g/mol. The van der Waals surface area contributed by atoms with Crippen molar-refractivity contribution < 1.29 is 4.42 Å². The predicted molar refractivity (Wildman–Crippen MR) is 87.1 cm³/mol. The average Bonchev–Trinajstić information content (AvgIpc) is 2.96. The van der Waals surface area contributed by atoms with Gasteiger partial charge < -0.3 is 4.42 Å². The first-order valence-corrected chi connectivity index (χ1v) is 8.34. The molecule has 0 aliphatic carbocycles. The van der Waals surface area contributed by atoms with Crippen molar-refractivity contribution in [2.24, 2.45) is 0 Å². The van der Waals surface area contributed by atoms with Crippen molar-refractivity contribution in [1.82, 2.24) is 9.88 Å². The van der Waals surface area contributed by atoms with Gasteiger partial charge in [0.25, 0.3) is 0 Å². The van der Waals surface area contributed by atoms with E-state index in [4.69, 9.17) is 4.42 Å². The number of halogens is 1. The van der Waals surface area contributed by atoms with Crippen LogP contribution in [0, 0.1) is 0 Å². The van der Waals surface area contributed by atoms with E-state index < -0.39 is 0 Å². The van der Waals surface area contributed by atoms with Crippen molar-refractivity contribution in [3.05, 3.63) is 38.6 Å². The Morgan fingerprint density at radius 1 is 1.45 bits per heavy atom. The van der Waals surface area contributed by atoms with E-state index in [1.807, 2.05) is 6.20 Å². The smallest absolute Gasteiger partial charge is 0.211 e. The molecule has 0 saturated carbocycles. The average molecular weight is 357 g/mol. The molecule has 3 nitrogen and oxygen atoms in total. The Labute approximate surface area is 133 Å². The van der Waals surface area contributed by atoms with Crippen LogP contribution >= 0.6 is 27.3 Å². The molecule has 0 saturated heterocycles. The molecule has 0 fully saturated rings. The number of rotatable bonds is 4.